The molecule has 4 nitrogen and oxygen atoms in total. The number of hydrogen-bond donors (Lipinski definition) is 2. The monoisotopic (exact) mass is 300 g/mol. The average molecular weight is 300 g/mol. The third-order valence-electron chi connectivity index (χ3n) is 3.21. The lowest BCUT2D eigenvalue weighted by molar-refractivity contribution is -0.118. The molecule has 21 heavy (non-hydrogen) atoms. The molecule has 5 heteroatoms. The number of carbonyl (C=O) groups excluding carboxylic acids is 1. The minimum absolute atomic E-state index is 0.0243. The maximum atomic E-state index is 11.7. The van der Waals surface area contributed by atoms with Gasteiger partial charge in [-0.25, -0.2) is 0 Å². The minimum Gasteiger partial charge on any atom is -0.467 e. The molecule has 2 heterocycles. The molecule has 0 aliphatic carbocycles. The highest BCUT2D eigenvalue weighted by atomic mass is 32.2. The van der Waals surface area contributed by atoms with E-state index in [0.29, 0.717) is 12.3 Å². The van der Waals surface area contributed by atoms with Crippen LogP contribution in [0.3, 0.4) is 0 Å². The van der Waals surface area contributed by atoms with Crippen LogP contribution in [0.25, 0.3) is 10.9 Å². The summed E-state index contributed by atoms with van der Waals surface area (Å²) in [7, 11) is 0. The number of hydrogen-bond acceptors (Lipinski definition) is 3. The van der Waals surface area contributed by atoms with Crippen LogP contribution in [0.1, 0.15) is 11.3 Å². The molecule has 0 atom stereocenters. The Balaban J connectivity index is 1.46. The first-order chi connectivity index (χ1) is 10.3. The Morgan fingerprint density at radius 1 is 1.24 bits per heavy atom. The Morgan fingerprint density at radius 3 is 3.00 bits per heavy atom. The summed E-state index contributed by atoms with van der Waals surface area (Å²) in [5.74, 6) is 2.06. The van der Waals surface area contributed by atoms with Gasteiger partial charge in [0.25, 0.3) is 0 Å². The molecule has 0 aliphatic rings. The smallest absolute Gasteiger partial charge is 0.230 e. The number of aromatic nitrogens is 1. The number of furan rings is 1. The highest BCUT2D eigenvalue weighted by Gasteiger charge is 2.06. The number of thioether (sulfide) groups is 1. The van der Waals surface area contributed by atoms with Gasteiger partial charge in [-0.2, -0.15) is 0 Å². The summed E-state index contributed by atoms with van der Waals surface area (Å²) in [5, 5.41) is 4.06. The third-order valence-corrected chi connectivity index (χ3v) is 4.19. The summed E-state index contributed by atoms with van der Waals surface area (Å²) >= 11 is 1.61. The number of H-pyrrole nitrogens is 1. The first kappa shape index (κ1) is 13.8. The molecule has 3 aromatic rings. The van der Waals surface area contributed by atoms with E-state index in [2.05, 4.69) is 22.4 Å². The Labute approximate surface area is 126 Å². The molecule has 0 radical (unpaired) electrons. The molecule has 1 amide bonds. The molecule has 0 unspecified atom stereocenters. The number of fused-ring (bicyclic) bond motifs is 1. The maximum absolute atomic E-state index is 11.7. The van der Waals surface area contributed by atoms with Crippen molar-refractivity contribution < 1.29 is 9.21 Å². The van der Waals surface area contributed by atoms with E-state index in [1.807, 2.05) is 30.5 Å². The topological polar surface area (TPSA) is 58.0 Å². The number of carbonyl (C=O) groups is 1. The zero-order valence-electron chi connectivity index (χ0n) is 11.5. The van der Waals surface area contributed by atoms with Crippen LogP contribution in [-0.4, -0.2) is 16.6 Å². The van der Waals surface area contributed by atoms with Crippen LogP contribution in [0, 0.1) is 0 Å². The normalized spacial score (nSPS) is 10.9. The second-order valence-electron chi connectivity index (χ2n) is 4.71. The first-order valence-corrected chi connectivity index (χ1v) is 7.90. The van der Waals surface area contributed by atoms with Crippen LogP contribution in [0.4, 0.5) is 0 Å². The molecule has 108 valence electrons. The molecule has 2 aromatic heterocycles. The SMILES string of the molecule is O=C(CSCc1c[nH]c2ccccc12)NCc1ccco1. The van der Waals surface area contributed by atoms with Crippen molar-refractivity contribution in [2.45, 2.75) is 12.3 Å². The lowest BCUT2D eigenvalue weighted by Crippen LogP contribution is -2.24. The molecule has 0 aliphatic heterocycles. The van der Waals surface area contributed by atoms with E-state index < -0.39 is 0 Å². The maximum Gasteiger partial charge on any atom is 0.230 e. The van der Waals surface area contributed by atoms with Crippen molar-refractivity contribution in [1.82, 2.24) is 10.3 Å². The lowest BCUT2D eigenvalue weighted by atomic mass is 10.2. The molecular weight excluding hydrogens is 284 g/mol. The zero-order chi connectivity index (χ0) is 14.5. The van der Waals surface area contributed by atoms with E-state index in [1.165, 1.54) is 10.9 Å². The van der Waals surface area contributed by atoms with E-state index in [4.69, 9.17) is 4.42 Å². The van der Waals surface area contributed by atoms with E-state index >= 15 is 0 Å². The lowest BCUT2D eigenvalue weighted by Gasteiger charge is -2.03. The van der Waals surface area contributed by atoms with E-state index in [0.717, 1.165) is 17.0 Å². The summed E-state index contributed by atoms with van der Waals surface area (Å²) in [6.45, 7) is 0.444. The average Bonchev–Trinajstić information content (AvgIpc) is 3.15. The van der Waals surface area contributed by atoms with Crippen molar-refractivity contribution in [1.29, 1.82) is 0 Å². The summed E-state index contributed by atoms with van der Waals surface area (Å²) in [4.78, 5) is 15.0. The van der Waals surface area contributed by atoms with Crippen molar-refractivity contribution in [2.24, 2.45) is 0 Å². The van der Waals surface area contributed by atoms with Gasteiger partial charge in [0.2, 0.25) is 5.91 Å². The molecule has 0 saturated heterocycles. The van der Waals surface area contributed by atoms with Crippen LogP contribution in [0.2, 0.25) is 0 Å². The number of rotatable bonds is 6. The van der Waals surface area contributed by atoms with Crippen LogP contribution in [0.15, 0.2) is 53.3 Å². The van der Waals surface area contributed by atoms with Gasteiger partial charge in [0.05, 0.1) is 18.6 Å². The van der Waals surface area contributed by atoms with Crippen LogP contribution in [0.5, 0.6) is 0 Å². The summed E-state index contributed by atoms with van der Waals surface area (Å²) in [6.07, 6.45) is 3.62. The molecular formula is C16H16N2O2S. The summed E-state index contributed by atoms with van der Waals surface area (Å²) < 4.78 is 5.17. The van der Waals surface area contributed by atoms with Crippen LogP contribution in [-0.2, 0) is 17.1 Å². The van der Waals surface area contributed by atoms with Crippen molar-refractivity contribution in [3.05, 3.63) is 60.2 Å². The zero-order valence-corrected chi connectivity index (χ0v) is 12.3. The van der Waals surface area contributed by atoms with Crippen molar-refractivity contribution in [2.75, 3.05) is 5.75 Å². The molecule has 2 N–H and O–H groups in total. The third kappa shape index (κ3) is 3.49. The minimum atomic E-state index is 0.0243. The first-order valence-electron chi connectivity index (χ1n) is 6.75. The fourth-order valence-electron chi connectivity index (χ4n) is 2.15. The molecule has 0 bridgehead atoms. The van der Waals surface area contributed by atoms with Gasteiger partial charge in [0.1, 0.15) is 5.76 Å². The standard InChI is InChI=1S/C16H16N2O2S/c19-16(18-9-13-4-3-7-20-13)11-21-10-12-8-17-15-6-2-1-5-14(12)15/h1-8,17H,9-11H2,(H,18,19). The van der Waals surface area contributed by atoms with Gasteiger partial charge in [-0.1, -0.05) is 18.2 Å². The van der Waals surface area contributed by atoms with Gasteiger partial charge in [-0.15, -0.1) is 11.8 Å². The van der Waals surface area contributed by atoms with E-state index in [-0.39, 0.29) is 5.91 Å². The largest absolute Gasteiger partial charge is 0.467 e. The van der Waals surface area contributed by atoms with Gasteiger partial charge in [0, 0.05) is 22.9 Å². The molecule has 3 rings (SSSR count). The van der Waals surface area contributed by atoms with Crippen LogP contribution >= 0.6 is 11.8 Å². The number of aromatic amines is 1. The Morgan fingerprint density at radius 2 is 2.14 bits per heavy atom. The van der Waals surface area contributed by atoms with Gasteiger partial charge in [-0.05, 0) is 23.8 Å². The van der Waals surface area contributed by atoms with E-state index in [1.54, 1.807) is 18.0 Å². The predicted octanol–water partition coefficient (Wildman–Crippen LogP) is 3.31. The fraction of sp³-hybridized carbons (Fsp3) is 0.188. The summed E-state index contributed by atoms with van der Waals surface area (Å²) in [5.41, 5.74) is 2.37. The van der Waals surface area contributed by atoms with Crippen molar-refractivity contribution >= 4 is 28.6 Å². The Hall–Kier alpha value is -2.14. The molecule has 0 spiro atoms. The fourth-order valence-corrected chi connectivity index (χ4v) is 3.00. The number of amides is 1. The van der Waals surface area contributed by atoms with Gasteiger partial charge in [-0.3, -0.25) is 4.79 Å². The number of nitrogens with one attached hydrogen (secondary N) is 2. The molecule has 1 aromatic carbocycles. The Bertz CT molecular complexity index is 719. The summed E-state index contributed by atoms with van der Waals surface area (Å²) in [6, 6.07) is 11.9. The molecule has 0 saturated carbocycles. The van der Waals surface area contributed by atoms with E-state index in [9.17, 15) is 4.79 Å². The highest BCUT2D eigenvalue weighted by molar-refractivity contribution is 7.99. The van der Waals surface area contributed by atoms with Crippen molar-refractivity contribution in [3.63, 3.8) is 0 Å². The van der Waals surface area contributed by atoms with Gasteiger partial charge >= 0.3 is 0 Å². The second kappa shape index (κ2) is 6.54. The number of benzene rings is 1. The number of para-hydroxylation sites is 1. The quantitative estimate of drug-likeness (QED) is 0.734. The highest BCUT2D eigenvalue weighted by Crippen LogP contribution is 2.22. The predicted molar refractivity (Wildman–Crippen MR) is 85.0 cm³/mol. The van der Waals surface area contributed by atoms with Crippen molar-refractivity contribution in [3.8, 4) is 0 Å². The van der Waals surface area contributed by atoms with Crippen LogP contribution < -0.4 is 5.32 Å². The van der Waals surface area contributed by atoms with Gasteiger partial charge < -0.3 is 14.7 Å². The van der Waals surface area contributed by atoms with Gasteiger partial charge in [0.15, 0.2) is 0 Å². The molecule has 0 fully saturated rings. The second-order valence-corrected chi connectivity index (χ2v) is 5.69. The Kier molecular flexibility index (Phi) is 4.31.